The smallest absolute Gasteiger partial charge is 0.254 e. The van der Waals surface area contributed by atoms with E-state index >= 15 is 0 Å². The van der Waals surface area contributed by atoms with Crippen LogP contribution in [-0.4, -0.2) is 35.4 Å². The topological polar surface area (TPSA) is 108 Å². The van der Waals surface area contributed by atoms with Gasteiger partial charge in [0.2, 0.25) is 5.91 Å². The third kappa shape index (κ3) is 5.55. The van der Waals surface area contributed by atoms with E-state index in [0.29, 0.717) is 57.5 Å². The highest BCUT2D eigenvalue weighted by Gasteiger charge is 2.23. The summed E-state index contributed by atoms with van der Waals surface area (Å²) in [5.74, 6) is -0.359. The summed E-state index contributed by atoms with van der Waals surface area (Å²) < 4.78 is 3.14. The van der Waals surface area contributed by atoms with Gasteiger partial charge in [0.05, 0.1) is 46.9 Å². The molecule has 0 saturated heterocycles. The van der Waals surface area contributed by atoms with E-state index in [0.717, 1.165) is 11.1 Å². The molecule has 2 atom stereocenters. The number of benzene rings is 2. The van der Waals surface area contributed by atoms with Crippen LogP contribution in [0.2, 0.25) is 15.2 Å². The molecule has 3 aromatic heterocycles. The maximum absolute atomic E-state index is 13.7. The van der Waals surface area contributed by atoms with E-state index in [-0.39, 0.29) is 28.6 Å². The lowest BCUT2D eigenvalue weighted by Gasteiger charge is -2.24. The van der Waals surface area contributed by atoms with Crippen molar-refractivity contribution in [2.45, 2.75) is 32.2 Å². The second-order valence-corrected chi connectivity index (χ2v) is 11.4. The predicted molar refractivity (Wildman–Crippen MR) is 163 cm³/mol. The van der Waals surface area contributed by atoms with Crippen molar-refractivity contribution in [1.29, 1.82) is 0 Å². The lowest BCUT2D eigenvalue weighted by atomic mass is 9.93. The molecule has 1 N–H and O–H groups in total. The minimum absolute atomic E-state index is 0.109. The lowest BCUT2D eigenvalue weighted by Crippen LogP contribution is -2.26. The number of fused-ring (bicyclic) bond motifs is 4. The van der Waals surface area contributed by atoms with Crippen molar-refractivity contribution in [3.8, 4) is 28.1 Å². The van der Waals surface area contributed by atoms with Gasteiger partial charge in [-0.05, 0) is 48.2 Å². The number of rotatable bonds is 3. The lowest BCUT2D eigenvalue weighted by molar-refractivity contribution is -0.119. The molecule has 0 aliphatic carbocycles. The van der Waals surface area contributed by atoms with Gasteiger partial charge in [0.25, 0.3) is 5.56 Å². The summed E-state index contributed by atoms with van der Waals surface area (Å²) in [6.07, 6.45) is 8.25. The van der Waals surface area contributed by atoms with Crippen molar-refractivity contribution in [3.05, 3.63) is 105 Å². The number of amides is 1. The molecule has 6 rings (SSSR count). The number of nitrogens with zero attached hydrogens (tertiary/aromatic N) is 6. The van der Waals surface area contributed by atoms with Crippen LogP contribution >= 0.6 is 34.8 Å². The molecule has 0 saturated carbocycles. The number of halogens is 3. The van der Waals surface area contributed by atoms with Gasteiger partial charge < -0.3 is 5.32 Å². The Hall–Kier alpha value is -4.05. The Balaban J connectivity index is 1.45. The Bertz CT molecular complexity index is 1870. The number of aromatic nitrogens is 6. The third-order valence-corrected chi connectivity index (χ3v) is 8.09. The summed E-state index contributed by atoms with van der Waals surface area (Å²) >= 11 is 18.9. The van der Waals surface area contributed by atoms with Crippen LogP contribution in [-0.2, 0) is 4.79 Å². The monoisotopic (exact) mass is 619 g/mol. The first-order valence-electron chi connectivity index (χ1n) is 13.3. The first-order chi connectivity index (χ1) is 20.3. The molecule has 0 fully saturated rings. The normalized spacial score (nSPS) is 17.1. The van der Waals surface area contributed by atoms with Crippen LogP contribution in [0.15, 0.2) is 78.2 Å². The van der Waals surface area contributed by atoms with Gasteiger partial charge in [-0.15, -0.1) is 5.10 Å². The molecule has 4 heterocycles. The molecule has 2 bridgehead atoms. The highest BCUT2D eigenvalue weighted by molar-refractivity contribution is 6.34. The highest BCUT2D eigenvalue weighted by atomic mass is 35.5. The maximum atomic E-state index is 13.7. The van der Waals surface area contributed by atoms with E-state index in [1.165, 1.54) is 10.7 Å². The summed E-state index contributed by atoms with van der Waals surface area (Å²) in [4.78, 5) is 35.6. The number of pyridine rings is 1. The Morgan fingerprint density at radius 3 is 2.64 bits per heavy atom. The van der Waals surface area contributed by atoms with Crippen molar-refractivity contribution < 1.29 is 4.79 Å². The predicted octanol–water partition coefficient (Wildman–Crippen LogP) is 6.86. The maximum Gasteiger partial charge on any atom is 0.254 e. The summed E-state index contributed by atoms with van der Waals surface area (Å²) in [6.45, 7) is 1.89. The zero-order valence-corrected chi connectivity index (χ0v) is 24.6. The summed E-state index contributed by atoms with van der Waals surface area (Å²) in [6, 6.07) is 14.2. The second-order valence-electron chi connectivity index (χ2n) is 10.2. The minimum atomic E-state index is -0.328. The van der Waals surface area contributed by atoms with E-state index in [4.69, 9.17) is 34.8 Å². The molecule has 1 aliphatic rings. The molecule has 42 heavy (non-hydrogen) atoms. The van der Waals surface area contributed by atoms with Crippen LogP contribution in [0.4, 0.5) is 5.69 Å². The van der Waals surface area contributed by atoms with Gasteiger partial charge in [0.15, 0.2) is 5.15 Å². The Kier molecular flexibility index (Phi) is 7.81. The largest absolute Gasteiger partial charge is 0.324 e. The Labute approximate surface area is 256 Å². The van der Waals surface area contributed by atoms with Gasteiger partial charge in [-0.3, -0.25) is 19.1 Å². The number of anilines is 1. The molecule has 1 amide bonds. The van der Waals surface area contributed by atoms with Crippen LogP contribution in [0, 0.1) is 5.92 Å². The Morgan fingerprint density at radius 1 is 1.00 bits per heavy atom. The van der Waals surface area contributed by atoms with Gasteiger partial charge in [0, 0.05) is 34.3 Å². The number of hydrogen-bond acceptors (Lipinski definition) is 6. The standard InChI is InChI=1S/C30H24Cl3N7O2/c1-17-4-2-7-25(18-5-3-6-19(10-18)29-22(32)13-34-14-24(29)36-30(17)42)39-16-35-23(12-28(39)41)21-11-20(31)8-9-26(21)40-15-27(33)37-38-40/h3,5-6,8-17,25H,2,4,7H2,1H3,(H,36,42)/t17-,25+/m1/s1. The van der Waals surface area contributed by atoms with E-state index in [1.54, 1.807) is 47.7 Å². The SMILES string of the molecule is C[C@@H]1CCC[C@H](n2cnc(-c3cc(Cl)ccc3-n3cc(Cl)nn3)cc2=O)c2cccc(c2)-c2c(Cl)cncc2NC1=O. The van der Waals surface area contributed by atoms with Crippen molar-refractivity contribution in [1.82, 2.24) is 29.5 Å². The van der Waals surface area contributed by atoms with Crippen LogP contribution in [0.5, 0.6) is 0 Å². The summed E-state index contributed by atoms with van der Waals surface area (Å²) in [7, 11) is 0. The molecule has 1 aliphatic heterocycles. The minimum Gasteiger partial charge on any atom is -0.324 e. The van der Waals surface area contributed by atoms with Crippen molar-refractivity contribution >= 4 is 46.4 Å². The fraction of sp³-hybridized carbons (Fsp3) is 0.200. The highest BCUT2D eigenvalue weighted by Crippen LogP contribution is 2.37. The van der Waals surface area contributed by atoms with Crippen LogP contribution < -0.4 is 10.9 Å². The number of hydrogen-bond donors (Lipinski definition) is 1. The van der Waals surface area contributed by atoms with Gasteiger partial charge >= 0.3 is 0 Å². The van der Waals surface area contributed by atoms with E-state index < -0.39 is 0 Å². The van der Waals surface area contributed by atoms with Gasteiger partial charge in [-0.25, -0.2) is 9.67 Å². The van der Waals surface area contributed by atoms with Gasteiger partial charge in [0.1, 0.15) is 0 Å². The molecule has 9 nitrogen and oxygen atoms in total. The molecule has 0 radical (unpaired) electrons. The van der Waals surface area contributed by atoms with Crippen LogP contribution in [0.1, 0.15) is 37.8 Å². The average molecular weight is 621 g/mol. The average Bonchev–Trinajstić information content (AvgIpc) is 3.41. The number of carbonyl (C=O) groups is 1. The first kappa shape index (κ1) is 28.1. The molecular formula is C30H24Cl3N7O2. The van der Waals surface area contributed by atoms with E-state index in [2.05, 4.69) is 25.6 Å². The van der Waals surface area contributed by atoms with E-state index in [1.807, 2.05) is 31.2 Å². The second kappa shape index (κ2) is 11.7. The molecule has 212 valence electrons. The third-order valence-electron chi connectivity index (χ3n) is 7.40. The van der Waals surface area contributed by atoms with Gasteiger partial charge in [-0.2, -0.15) is 0 Å². The van der Waals surface area contributed by atoms with Crippen molar-refractivity contribution in [2.75, 3.05) is 5.32 Å². The summed E-state index contributed by atoms with van der Waals surface area (Å²) in [5.41, 5.74) is 4.37. The molecule has 12 heteroatoms. The molecule has 5 aromatic rings. The fourth-order valence-electron chi connectivity index (χ4n) is 5.26. The molecule has 2 aromatic carbocycles. The van der Waals surface area contributed by atoms with Crippen molar-refractivity contribution in [2.24, 2.45) is 5.92 Å². The number of carbonyl (C=O) groups excluding carboxylic acids is 1. The Morgan fingerprint density at radius 2 is 1.86 bits per heavy atom. The van der Waals surface area contributed by atoms with Crippen LogP contribution in [0.3, 0.4) is 0 Å². The number of nitrogens with one attached hydrogen (secondary N) is 1. The van der Waals surface area contributed by atoms with E-state index in [9.17, 15) is 9.59 Å². The quantitative estimate of drug-likeness (QED) is 0.236. The van der Waals surface area contributed by atoms with Crippen LogP contribution in [0.25, 0.3) is 28.1 Å². The van der Waals surface area contributed by atoms with Crippen molar-refractivity contribution in [3.63, 3.8) is 0 Å². The fourth-order valence-corrected chi connectivity index (χ4v) is 5.83. The molecule has 0 unspecified atom stereocenters. The zero-order chi connectivity index (χ0) is 29.4. The zero-order valence-electron chi connectivity index (χ0n) is 22.3. The molecule has 0 spiro atoms. The van der Waals surface area contributed by atoms with Gasteiger partial charge in [-0.1, -0.05) is 71.6 Å². The first-order valence-corrected chi connectivity index (χ1v) is 14.4. The summed E-state index contributed by atoms with van der Waals surface area (Å²) in [5, 5.41) is 12.0. The molecular weight excluding hydrogens is 597 g/mol.